The Kier molecular flexibility index (Phi) is 8.37. The van der Waals surface area contributed by atoms with E-state index in [9.17, 15) is 31.2 Å². The number of nitrogens with zero attached hydrogens (tertiary/aromatic N) is 3. The maximum atomic E-state index is 13.2. The number of carbonyl (C=O) groups is 2. The van der Waals surface area contributed by atoms with Gasteiger partial charge in [-0.25, -0.2) is 13.2 Å². The average molecular weight is 596 g/mol. The number of rotatable bonds is 6. The molecule has 0 radical (unpaired) electrons. The van der Waals surface area contributed by atoms with E-state index in [1.165, 1.54) is 29.1 Å². The van der Waals surface area contributed by atoms with Crippen molar-refractivity contribution in [3.63, 3.8) is 0 Å². The van der Waals surface area contributed by atoms with Gasteiger partial charge in [0.05, 0.1) is 12.2 Å². The first-order valence-electron chi connectivity index (χ1n) is 11.8. The molecule has 1 aliphatic heterocycles. The summed E-state index contributed by atoms with van der Waals surface area (Å²) in [6, 6.07) is 3.99. The first-order chi connectivity index (χ1) is 17.9. The molecule has 0 saturated heterocycles. The number of nitrogens with one attached hydrogen (secondary N) is 1. The number of nitrogens with two attached hydrogens (primary N) is 1. The molecule has 3 N–H and O–H groups in total. The van der Waals surface area contributed by atoms with E-state index in [4.69, 9.17) is 22.1 Å². The lowest BCUT2D eigenvalue weighted by Crippen LogP contribution is -2.44. The maximum absolute atomic E-state index is 13.2. The molecule has 216 valence electrons. The molecule has 11 nitrogen and oxygen atoms in total. The Morgan fingerprint density at radius 2 is 1.92 bits per heavy atom. The van der Waals surface area contributed by atoms with Gasteiger partial charge in [0.2, 0.25) is 11.5 Å². The van der Waals surface area contributed by atoms with Crippen molar-refractivity contribution < 1.29 is 40.7 Å². The lowest BCUT2D eigenvalue weighted by atomic mass is 10.1. The smallest absolute Gasteiger partial charge is 0.427 e. The summed E-state index contributed by atoms with van der Waals surface area (Å²) >= 11 is 6.02. The quantitative estimate of drug-likeness (QED) is 0.506. The molecular formula is C23H29ClF3N5O6S. The minimum atomic E-state index is -4.78. The molecule has 1 saturated carbocycles. The molecule has 16 heteroatoms. The summed E-state index contributed by atoms with van der Waals surface area (Å²) in [6.07, 6.45) is -2.86. The Morgan fingerprint density at radius 3 is 2.41 bits per heavy atom. The molecule has 0 bridgehead atoms. The summed E-state index contributed by atoms with van der Waals surface area (Å²) in [5.74, 6) is 0.0564. The zero-order valence-corrected chi connectivity index (χ0v) is 23.2. The molecule has 2 heterocycles. The number of sulfonamides is 1. The minimum Gasteiger partial charge on any atom is -0.489 e. The Bertz CT molecular complexity index is 1360. The van der Waals surface area contributed by atoms with Gasteiger partial charge in [0.15, 0.2) is 5.15 Å². The van der Waals surface area contributed by atoms with Gasteiger partial charge in [-0.1, -0.05) is 18.5 Å². The van der Waals surface area contributed by atoms with Crippen molar-refractivity contribution in [2.45, 2.75) is 63.8 Å². The highest BCUT2D eigenvalue weighted by Crippen LogP contribution is 2.44. The first kappa shape index (κ1) is 30.3. The maximum Gasteiger partial charge on any atom is 0.427 e. The lowest BCUT2D eigenvalue weighted by Gasteiger charge is -2.31. The third-order valence-electron chi connectivity index (χ3n) is 6.23. The van der Waals surface area contributed by atoms with Crippen LogP contribution in [0, 0.1) is 5.41 Å². The molecule has 4 rings (SSSR count). The van der Waals surface area contributed by atoms with Gasteiger partial charge in [0.1, 0.15) is 17.3 Å². The third-order valence-corrected chi connectivity index (χ3v) is 8.43. The molecule has 1 fully saturated rings. The van der Waals surface area contributed by atoms with E-state index < -0.39 is 27.9 Å². The van der Waals surface area contributed by atoms with Crippen LogP contribution in [0.25, 0.3) is 0 Å². The van der Waals surface area contributed by atoms with Gasteiger partial charge in [0, 0.05) is 23.8 Å². The van der Waals surface area contributed by atoms with E-state index in [1.54, 1.807) is 6.92 Å². The number of benzene rings is 1. The summed E-state index contributed by atoms with van der Waals surface area (Å²) < 4.78 is 77.7. The summed E-state index contributed by atoms with van der Waals surface area (Å²) in [6.45, 7) is 5.48. The fraction of sp³-hybridized carbons (Fsp3) is 0.522. The highest BCUT2D eigenvalue weighted by Gasteiger charge is 2.51. The first-order valence-corrected chi connectivity index (χ1v) is 13.6. The highest BCUT2D eigenvalue weighted by atomic mass is 35.5. The molecule has 2 aliphatic rings. The third kappa shape index (κ3) is 6.69. The monoisotopic (exact) mass is 595 g/mol. The van der Waals surface area contributed by atoms with Crippen LogP contribution in [0.5, 0.6) is 5.75 Å². The van der Waals surface area contributed by atoms with E-state index in [0.29, 0.717) is 20.4 Å². The predicted octanol–water partition coefficient (Wildman–Crippen LogP) is 4.31. The molecule has 39 heavy (non-hydrogen) atoms. The molecule has 0 spiro atoms. The topological polar surface area (TPSA) is 146 Å². The second-order valence-corrected chi connectivity index (χ2v) is 11.9. The van der Waals surface area contributed by atoms with Crippen LogP contribution in [-0.4, -0.2) is 55.1 Å². The van der Waals surface area contributed by atoms with Crippen LogP contribution in [0.2, 0.25) is 5.15 Å². The number of halogens is 4. The standard InChI is InChI=1S/C18H20ClF3N4O5S.C5H9NO/c1-4-25-10-14(15(19)24-25)32(28,29)26-7-8-30-13-6-5-11(9-12(13)26)23-16(27)31-17(2,3)18(20,21)22;1-5(2-3-5)4(6)7/h5-6,9-10H,4,7-8H2,1-3H3,(H,23,27);2-3H2,1H3,(H2,6,7). The van der Waals surface area contributed by atoms with E-state index >= 15 is 0 Å². The van der Waals surface area contributed by atoms with Crippen LogP contribution in [-0.2, 0) is 26.1 Å². The number of ether oxygens (including phenoxy) is 2. The van der Waals surface area contributed by atoms with Gasteiger partial charge in [0.25, 0.3) is 10.0 Å². The number of hydrogen-bond donors (Lipinski definition) is 2. The Morgan fingerprint density at radius 1 is 1.28 bits per heavy atom. The van der Waals surface area contributed by atoms with E-state index in [2.05, 4.69) is 15.2 Å². The zero-order chi connectivity index (χ0) is 29.4. The Labute approximate surface area is 228 Å². The molecule has 1 aromatic carbocycles. The van der Waals surface area contributed by atoms with Crippen LogP contribution in [0.1, 0.15) is 40.5 Å². The van der Waals surface area contributed by atoms with Crippen molar-refractivity contribution in [1.82, 2.24) is 9.78 Å². The van der Waals surface area contributed by atoms with E-state index in [0.717, 1.165) is 17.1 Å². The van der Waals surface area contributed by atoms with Gasteiger partial charge in [-0.05, 0) is 51.8 Å². The molecule has 1 aromatic heterocycles. The van der Waals surface area contributed by atoms with Crippen LogP contribution < -0.4 is 20.1 Å². The highest BCUT2D eigenvalue weighted by molar-refractivity contribution is 7.93. The van der Waals surface area contributed by atoms with E-state index in [1.807, 2.05) is 6.92 Å². The van der Waals surface area contributed by atoms with Gasteiger partial charge < -0.3 is 15.2 Å². The number of primary amides is 1. The van der Waals surface area contributed by atoms with Crippen LogP contribution in [0.15, 0.2) is 29.3 Å². The predicted molar refractivity (Wildman–Crippen MR) is 136 cm³/mol. The van der Waals surface area contributed by atoms with Gasteiger partial charge in [-0.2, -0.15) is 18.3 Å². The van der Waals surface area contributed by atoms with Gasteiger partial charge in [-0.15, -0.1) is 0 Å². The van der Waals surface area contributed by atoms with Crippen LogP contribution >= 0.6 is 11.6 Å². The van der Waals surface area contributed by atoms with Crippen molar-refractivity contribution in [1.29, 1.82) is 0 Å². The second-order valence-electron chi connectivity index (χ2n) is 9.70. The number of amides is 2. The molecule has 2 amide bonds. The Hall–Kier alpha value is -3.20. The van der Waals surface area contributed by atoms with E-state index in [-0.39, 0.29) is 51.6 Å². The summed E-state index contributed by atoms with van der Waals surface area (Å²) in [4.78, 5) is 22.1. The summed E-state index contributed by atoms with van der Waals surface area (Å²) in [5.41, 5.74) is 2.24. The number of aryl methyl sites for hydroxylation is 1. The number of aromatic nitrogens is 2. The SMILES string of the molecule is CC1(C(N)=O)CC1.CCn1cc(S(=O)(=O)N2CCOc3ccc(NC(=O)OC(C)(C)C(F)(F)F)cc32)c(Cl)n1. The van der Waals surface area contributed by atoms with Crippen molar-refractivity contribution in [3.05, 3.63) is 29.5 Å². The van der Waals surface area contributed by atoms with Crippen molar-refractivity contribution in [2.75, 3.05) is 22.8 Å². The number of carbonyl (C=O) groups excluding carboxylic acids is 2. The lowest BCUT2D eigenvalue weighted by molar-refractivity contribution is -0.242. The minimum absolute atomic E-state index is 0.00720. The zero-order valence-electron chi connectivity index (χ0n) is 21.6. The van der Waals surface area contributed by atoms with Crippen LogP contribution in [0.4, 0.5) is 29.3 Å². The number of fused-ring (bicyclic) bond motifs is 1. The van der Waals surface area contributed by atoms with Crippen molar-refractivity contribution >= 4 is 45.0 Å². The molecule has 1 aliphatic carbocycles. The van der Waals surface area contributed by atoms with Crippen molar-refractivity contribution in [2.24, 2.45) is 11.1 Å². The summed E-state index contributed by atoms with van der Waals surface area (Å²) in [7, 11) is -4.14. The number of hydrogen-bond acceptors (Lipinski definition) is 7. The summed E-state index contributed by atoms with van der Waals surface area (Å²) in [5, 5.41) is 5.91. The fourth-order valence-corrected chi connectivity index (χ4v) is 5.12. The number of anilines is 2. The molecular weight excluding hydrogens is 567 g/mol. The van der Waals surface area contributed by atoms with Gasteiger partial charge in [-0.3, -0.25) is 19.1 Å². The molecule has 0 unspecified atom stereocenters. The van der Waals surface area contributed by atoms with Gasteiger partial charge >= 0.3 is 12.3 Å². The molecule has 0 atom stereocenters. The largest absolute Gasteiger partial charge is 0.489 e. The number of alkyl halides is 3. The normalized spacial score (nSPS) is 16.3. The van der Waals surface area contributed by atoms with Crippen LogP contribution in [0.3, 0.4) is 0 Å². The van der Waals surface area contributed by atoms with Crippen molar-refractivity contribution in [3.8, 4) is 5.75 Å². The second kappa shape index (κ2) is 10.8. The Balaban J connectivity index is 0.000000520. The molecule has 2 aromatic rings. The average Bonchev–Trinajstić information content (AvgIpc) is 3.47. The fourth-order valence-electron chi connectivity index (χ4n) is 3.22.